The van der Waals surface area contributed by atoms with E-state index in [0.717, 1.165) is 38.0 Å². The Kier molecular flexibility index (Phi) is 5.34. The zero-order chi connectivity index (χ0) is 13.7. The van der Waals surface area contributed by atoms with Gasteiger partial charge in [-0.05, 0) is 49.4 Å². The minimum atomic E-state index is -0.174. The van der Waals surface area contributed by atoms with Crippen LogP contribution in [0.5, 0.6) is 0 Å². The molecule has 0 spiro atoms. The Morgan fingerprint density at radius 3 is 2.68 bits per heavy atom. The van der Waals surface area contributed by atoms with Crippen molar-refractivity contribution in [1.82, 2.24) is 5.32 Å². The lowest BCUT2D eigenvalue weighted by Crippen LogP contribution is -2.44. The Labute approximate surface area is 115 Å². The molecule has 1 aliphatic rings. The lowest BCUT2D eigenvalue weighted by Gasteiger charge is -2.27. The van der Waals surface area contributed by atoms with Crippen LogP contribution in [0, 0.1) is 11.7 Å². The van der Waals surface area contributed by atoms with Gasteiger partial charge >= 0.3 is 0 Å². The van der Waals surface area contributed by atoms with Crippen LogP contribution in [-0.4, -0.2) is 25.3 Å². The first kappa shape index (κ1) is 14.5. The van der Waals surface area contributed by atoms with Gasteiger partial charge in [-0.1, -0.05) is 26.0 Å². The van der Waals surface area contributed by atoms with Crippen LogP contribution in [0.2, 0.25) is 0 Å². The Morgan fingerprint density at radius 2 is 2.11 bits per heavy atom. The van der Waals surface area contributed by atoms with Crippen LogP contribution in [0.15, 0.2) is 24.3 Å². The van der Waals surface area contributed by atoms with Crippen molar-refractivity contribution in [3.63, 3.8) is 0 Å². The van der Waals surface area contributed by atoms with Crippen LogP contribution in [-0.2, 0) is 11.2 Å². The molecule has 19 heavy (non-hydrogen) atoms. The fourth-order valence-corrected chi connectivity index (χ4v) is 2.74. The molecule has 0 aromatic heterocycles. The van der Waals surface area contributed by atoms with Crippen molar-refractivity contribution in [1.29, 1.82) is 0 Å². The summed E-state index contributed by atoms with van der Waals surface area (Å²) >= 11 is 0. The van der Waals surface area contributed by atoms with Crippen LogP contribution in [0.25, 0.3) is 0 Å². The maximum atomic E-state index is 12.9. The first-order chi connectivity index (χ1) is 9.20. The summed E-state index contributed by atoms with van der Waals surface area (Å²) in [5.74, 6) is 0.419. The fourth-order valence-electron chi connectivity index (χ4n) is 2.74. The normalized spacial score (nSPS) is 24.6. The minimum Gasteiger partial charge on any atom is -0.376 e. The fraction of sp³-hybridized carbons (Fsp3) is 0.625. The third-order valence-corrected chi connectivity index (χ3v) is 3.87. The molecule has 0 amide bonds. The second-order valence-corrected chi connectivity index (χ2v) is 5.49. The van der Waals surface area contributed by atoms with Gasteiger partial charge in [0.25, 0.3) is 0 Å². The van der Waals surface area contributed by atoms with Gasteiger partial charge in [0.05, 0.1) is 6.10 Å². The molecule has 0 saturated carbocycles. The summed E-state index contributed by atoms with van der Waals surface area (Å²) in [4.78, 5) is 0. The van der Waals surface area contributed by atoms with Gasteiger partial charge < -0.3 is 10.1 Å². The van der Waals surface area contributed by atoms with Gasteiger partial charge in [0.15, 0.2) is 0 Å². The Bertz CT molecular complexity index is 379. The molecule has 3 unspecified atom stereocenters. The Balaban J connectivity index is 2.02. The molecule has 0 radical (unpaired) electrons. The van der Waals surface area contributed by atoms with Crippen molar-refractivity contribution in [3.05, 3.63) is 35.6 Å². The van der Waals surface area contributed by atoms with E-state index in [1.54, 1.807) is 0 Å². The first-order valence-corrected chi connectivity index (χ1v) is 7.30. The molecule has 1 fully saturated rings. The van der Waals surface area contributed by atoms with E-state index in [1.807, 2.05) is 12.1 Å². The Morgan fingerprint density at radius 1 is 1.37 bits per heavy atom. The van der Waals surface area contributed by atoms with Gasteiger partial charge in [0.2, 0.25) is 0 Å². The monoisotopic (exact) mass is 265 g/mol. The molecule has 2 rings (SSSR count). The average molecular weight is 265 g/mol. The van der Waals surface area contributed by atoms with E-state index in [0.29, 0.717) is 12.0 Å². The van der Waals surface area contributed by atoms with Crippen molar-refractivity contribution in [2.45, 2.75) is 45.3 Å². The average Bonchev–Trinajstić information content (AvgIpc) is 2.83. The zero-order valence-corrected chi connectivity index (χ0v) is 11.9. The highest BCUT2D eigenvalue weighted by Gasteiger charge is 2.31. The number of hydrogen-bond donors (Lipinski definition) is 1. The Hall–Kier alpha value is -0.930. The number of rotatable bonds is 6. The molecule has 2 nitrogen and oxygen atoms in total. The second-order valence-electron chi connectivity index (χ2n) is 5.49. The highest BCUT2D eigenvalue weighted by atomic mass is 19.1. The maximum Gasteiger partial charge on any atom is 0.123 e. The summed E-state index contributed by atoms with van der Waals surface area (Å²) in [6.45, 7) is 6.28. The highest BCUT2D eigenvalue weighted by Crippen LogP contribution is 2.24. The van der Waals surface area contributed by atoms with E-state index in [9.17, 15) is 4.39 Å². The van der Waals surface area contributed by atoms with Crippen molar-refractivity contribution in [2.75, 3.05) is 13.2 Å². The summed E-state index contributed by atoms with van der Waals surface area (Å²) < 4.78 is 18.8. The molecule has 1 aliphatic heterocycles. The van der Waals surface area contributed by atoms with Crippen LogP contribution in [0.3, 0.4) is 0 Å². The minimum absolute atomic E-state index is 0.174. The molecular formula is C16H24FNO. The van der Waals surface area contributed by atoms with Crippen LogP contribution in [0.1, 0.15) is 32.3 Å². The first-order valence-electron chi connectivity index (χ1n) is 7.30. The van der Waals surface area contributed by atoms with Crippen molar-refractivity contribution >= 4 is 0 Å². The largest absolute Gasteiger partial charge is 0.376 e. The molecule has 1 N–H and O–H groups in total. The summed E-state index contributed by atoms with van der Waals surface area (Å²) in [5.41, 5.74) is 1.16. The zero-order valence-electron chi connectivity index (χ0n) is 11.9. The standard InChI is InChI=1S/C16H24FNO/c1-3-9-18-15(16-12(2)8-10-19-16)11-13-4-6-14(17)7-5-13/h4-7,12,15-16,18H,3,8-11H2,1-2H3. The number of halogens is 1. The van der Waals surface area contributed by atoms with Crippen LogP contribution >= 0.6 is 0 Å². The number of nitrogens with one attached hydrogen (secondary N) is 1. The van der Waals surface area contributed by atoms with E-state index in [1.165, 1.54) is 12.1 Å². The molecule has 1 heterocycles. The molecule has 1 aromatic carbocycles. The predicted octanol–water partition coefficient (Wildman–Crippen LogP) is 3.16. The van der Waals surface area contributed by atoms with Crippen LogP contribution < -0.4 is 5.32 Å². The molecule has 3 heteroatoms. The topological polar surface area (TPSA) is 21.3 Å². The molecule has 1 aromatic rings. The summed E-state index contributed by atoms with van der Waals surface area (Å²) in [7, 11) is 0. The highest BCUT2D eigenvalue weighted by molar-refractivity contribution is 5.17. The van der Waals surface area contributed by atoms with Gasteiger partial charge in [-0.15, -0.1) is 0 Å². The molecule has 106 valence electrons. The third-order valence-electron chi connectivity index (χ3n) is 3.87. The van der Waals surface area contributed by atoms with Crippen molar-refractivity contribution < 1.29 is 9.13 Å². The van der Waals surface area contributed by atoms with E-state index >= 15 is 0 Å². The van der Waals surface area contributed by atoms with Crippen LogP contribution in [0.4, 0.5) is 4.39 Å². The summed E-state index contributed by atoms with van der Waals surface area (Å²) in [5, 5.41) is 3.59. The van der Waals surface area contributed by atoms with Gasteiger partial charge in [-0.25, -0.2) is 4.39 Å². The summed E-state index contributed by atoms with van der Waals surface area (Å²) in [6, 6.07) is 7.13. The maximum absolute atomic E-state index is 12.9. The van der Waals surface area contributed by atoms with E-state index in [-0.39, 0.29) is 11.9 Å². The van der Waals surface area contributed by atoms with Crippen molar-refractivity contribution in [3.8, 4) is 0 Å². The predicted molar refractivity (Wildman–Crippen MR) is 75.7 cm³/mol. The number of benzene rings is 1. The molecular weight excluding hydrogens is 241 g/mol. The third kappa shape index (κ3) is 4.02. The number of ether oxygens (including phenoxy) is 1. The van der Waals surface area contributed by atoms with Gasteiger partial charge in [-0.3, -0.25) is 0 Å². The molecule has 0 bridgehead atoms. The summed E-state index contributed by atoms with van der Waals surface area (Å²) in [6.07, 6.45) is 3.42. The lowest BCUT2D eigenvalue weighted by molar-refractivity contribution is 0.0610. The molecule has 3 atom stereocenters. The van der Waals surface area contributed by atoms with Gasteiger partial charge in [0.1, 0.15) is 5.82 Å². The second kappa shape index (κ2) is 7.01. The molecule has 1 saturated heterocycles. The van der Waals surface area contributed by atoms with E-state index in [2.05, 4.69) is 19.2 Å². The van der Waals surface area contributed by atoms with Gasteiger partial charge in [-0.2, -0.15) is 0 Å². The van der Waals surface area contributed by atoms with Crippen molar-refractivity contribution in [2.24, 2.45) is 5.92 Å². The number of hydrogen-bond acceptors (Lipinski definition) is 2. The van der Waals surface area contributed by atoms with E-state index in [4.69, 9.17) is 4.74 Å². The molecule has 0 aliphatic carbocycles. The quantitative estimate of drug-likeness (QED) is 0.853. The van der Waals surface area contributed by atoms with E-state index < -0.39 is 0 Å². The SMILES string of the molecule is CCCNC(Cc1ccc(F)cc1)C1OCCC1C. The smallest absolute Gasteiger partial charge is 0.123 e. The van der Waals surface area contributed by atoms with Gasteiger partial charge in [0, 0.05) is 12.6 Å². The lowest BCUT2D eigenvalue weighted by atomic mass is 9.93.